The standard InChI is InChI=1S/C20H15ClN2O2/c1-22-12-14(17-7-2-3-8-18(17)22)9-13-10-19(24)23(20(13)25)16-6-4-5-15(21)11-16/h2-9,11-12H,10H2,1H3. The van der Waals surface area contributed by atoms with E-state index >= 15 is 0 Å². The van der Waals surface area contributed by atoms with Gasteiger partial charge in [-0.2, -0.15) is 0 Å². The van der Waals surface area contributed by atoms with Gasteiger partial charge in [0.25, 0.3) is 5.91 Å². The maximum Gasteiger partial charge on any atom is 0.261 e. The highest BCUT2D eigenvalue weighted by Crippen LogP contribution is 2.30. The van der Waals surface area contributed by atoms with Gasteiger partial charge in [0.2, 0.25) is 5.91 Å². The number of rotatable bonds is 2. The van der Waals surface area contributed by atoms with Crippen molar-refractivity contribution in [1.82, 2.24) is 4.57 Å². The van der Waals surface area contributed by atoms with E-state index in [0.717, 1.165) is 16.5 Å². The van der Waals surface area contributed by atoms with Crippen molar-refractivity contribution in [1.29, 1.82) is 0 Å². The summed E-state index contributed by atoms with van der Waals surface area (Å²) < 4.78 is 2.01. The zero-order valence-electron chi connectivity index (χ0n) is 13.6. The molecule has 0 N–H and O–H groups in total. The van der Waals surface area contributed by atoms with Crippen LogP contribution in [-0.4, -0.2) is 16.4 Å². The van der Waals surface area contributed by atoms with E-state index in [0.29, 0.717) is 16.3 Å². The zero-order chi connectivity index (χ0) is 17.6. The highest BCUT2D eigenvalue weighted by molar-refractivity contribution is 6.32. The lowest BCUT2D eigenvalue weighted by molar-refractivity contribution is -0.120. The Morgan fingerprint density at radius 3 is 2.68 bits per heavy atom. The molecule has 4 rings (SSSR count). The number of benzene rings is 2. The van der Waals surface area contributed by atoms with Gasteiger partial charge in [0.15, 0.2) is 0 Å². The molecular weight excluding hydrogens is 336 g/mol. The lowest BCUT2D eigenvalue weighted by Crippen LogP contribution is -2.28. The largest absolute Gasteiger partial charge is 0.350 e. The van der Waals surface area contributed by atoms with E-state index in [2.05, 4.69) is 0 Å². The van der Waals surface area contributed by atoms with E-state index in [1.54, 1.807) is 24.3 Å². The lowest BCUT2D eigenvalue weighted by atomic mass is 10.1. The summed E-state index contributed by atoms with van der Waals surface area (Å²) >= 11 is 5.99. The SMILES string of the molecule is Cn1cc(C=C2CC(=O)N(c3cccc(Cl)c3)C2=O)c2ccccc21. The summed E-state index contributed by atoms with van der Waals surface area (Å²) in [5.74, 6) is -0.529. The molecule has 3 aromatic rings. The fourth-order valence-corrected chi connectivity index (χ4v) is 3.42. The molecule has 0 radical (unpaired) electrons. The van der Waals surface area contributed by atoms with E-state index < -0.39 is 0 Å². The summed E-state index contributed by atoms with van der Waals surface area (Å²) in [6.07, 6.45) is 3.87. The van der Waals surface area contributed by atoms with Crippen LogP contribution < -0.4 is 4.90 Å². The quantitative estimate of drug-likeness (QED) is 0.514. The fourth-order valence-electron chi connectivity index (χ4n) is 3.24. The summed E-state index contributed by atoms with van der Waals surface area (Å²) in [5.41, 5.74) is 3.00. The van der Waals surface area contributed by atoms with E-state index in [4.69, 9.17) is 11.6 Å². The van der Waals surface area contributed by atoms with Gasteiger partial charge in [-0.3, -0.25) is 9.59 Å². The van der Waals surface area contributed by atoms with Crippen LogP contribution in [0, 0.1) is 0 Å². The second-order valence-corrected chi connectivity index (χ2v) is 6.51. The summed E-state index contributed by atoms with van der Waals surface area (Å²) in [5, 5.41) is 1.54. The second kappa shape index (κ2) is 5.90. The summed E-state index contributed by atoms with van der Waals surface area (Å²) in [4.78, 5) is 26.3. The van der Waals surface area contributed by atoms with E-state index in [9.17, 15) is 9.59 Å². The maximum atomic E-state index is 12.8. The molecule has 0 bridgehead atoms. The van der Waals surface area contributed by atoms with Gasteiger partial charge in [-0.1, -0.05) is 35.9 Å². The van der Waals surface area contributed by atoms with Gasteiger partial charge in [-0.05, 0) is 30.3 Å². The first-order chi connectivity index (χ1) is 12.0. The third-order valence-corrected chi connectivity index (χ3v) is 4.63. The first kappa shape index (κ1) is 15.7. The van der Waals surface area contributed by atoms with Crippen LogP contribution in [0.3, 0.4) is 0 Å². The molecule has 5 heteroatoms. The number of halogens is 1. The van der Waals surface area contributed by atoms with Gasteiger partial charge in [-0.25, -0.2) is 4.90 Å². The molecule has 25 heavy (non-hydrogen) atoms. The van der Waals surface area contributed by atoms with Gasteiger partial charge >= 0.3 is 0 Å². The molecule has 1 saturated heterocycles. The number of hydrogen-bond acceptors (Lipinski definition) is 2. The molecule has 0 aliphatic carbocycles. The van der Waals surface area contributed by atoms with E-state index in [-0.39, 0.29) is 18.2 Å². The number of para-hydroxylation sites is 1. The lowest BCUT2D eigenvalue weighted by Gasteiger charge is -2.13. The predicted molar refractivity (Wildman–Crippen MR) is 99.5 cm³/mol. The molecule has 2 amide bonds. The van der Waals surface area contributed by atoms with Crippen molar-refractivity contribution in [2.75, 3.05) is 4.90 Å². The van der Waals surface area contributed by atoms with E-state index in [1.807, 2.05) is 48.2 Å². The molecule has 0 spiro atoms. The number of amides is 2. The van der Waals surface area contributed by atoms with Crippen LogP contribution in [0.4, 0.5) is 5.69 Å². The minimum atomic E-state index is -0.291. The molecule has 124 valence electrons. The van der Waals surface area contributed by atoms with Crippen LogP contribution in [0.15, 0.2) is 60.3 Å². The highest BCUT2D eigenvalue weighted by atomic mass is 35.5. The smallest absolute Gasteiger partial charge is 0.261 e. The first-order valence-electron chi connectivity index (χ1n) is 7.92. The Kier molecular flexibility index (Phi) is 3.70. The van der Waals surface area contributed by atoms with E-state index in [1.165, 1.54) is 4.90 Å². The third-order valence-electron chi connectivity index (χ3n) is 4.39. The Labute approximate surface area is 149 Å². The van der Waals surface area contributed by atoms with Crippen molar-refractivity contribution in [2.45, 2.75) is 6.42 Å². The van der Waals surface area contributed by atoms with Crippen LogP contribution in [0.25, 0.3) is 17.0 Å². The Balaban J connectivity index is 1.75. The molecule has 0 atom stereocenters. The topological polar surface area (TPSA) is 42.3 Å². The molecule has 2 aromatic carbocycles. The van der Waals surface area contributed by atoms with Crippen molar-refractivity contribution in [2.24, 2.45) is 7.05 Å². The summed E-state index contributed by atoms with van der Waals surface area (Å²) in [7, 11) is 1.96. The number of imide groups is 1. The average Bonchev–Trinajstić information content (AvgIpc) is 3.05. The highest BCUT2D eigenvalue weighted by Gasteiger charge is 2.35. The van der Waals surface area contributed by atoms with Crippen LogP contribution in [0.1, 0.15) is 12.0 Å². The maximum absolute atomic E-state index is 12.8. The molecule has 1 aliphatic heterocycles. The van der Waals surface area contributed by atoms with Crippen molar-refractivity contribution in [3.63, 3.8) is 0 Å². The number of anilines is 1. The summed E-state index contributed by atoms with van der Waals surface area (Å²) in [6, 6.07) is 14.7. The van der Waals surface area contributed by atoms with Crippen molar-refractivity contribution < 1.29 is 9.59 Å². The molecule has 4 nitrogen and oxygen atoms in total. The molecule has 1 aliphatic rings. The predicted octanol–water partition coefficient (Wildman–Crippen LogP) is 4.18. The van der Waals surface area contributed by atoms with Crippen LogP contribution >= 0.6 is 11.6 Å². The Hall–Kier alpha value is -2.85. The van der Waals surface area contributed by atoms with Crippen LogP contribution in [0.2, 0.25) is 5.02 Å². The molecule has 0 unspecified atom stereocenters. The number of carbonyl (C=O) groups is 2. The van der Waals surface area contributed by atoms with Crippen molar-refractivity contribution >= 4 is 46.1 Å². The fraction of sp³-hybridized carbons (Fsp3) is 0.100. The van der Waals surface area contributed by atoms with Gasteiger partial charge in [0.1, 0.15) is 0 Å². The number of fused-ring (bicyclic) bond motifs is 1. The summed E-state index contributed by atoms with van der Waals surface area (Å²) in [6.45, 7) is 0. The molecule has 1 fully saturated rings. The van der Waals surface area contributed by atoms with Gasteiger partial charge in [0, 0.05) is 40.3 Å². The Morgan fingerprint density at radius 2 is 1.88 bits per heavy atom. The van der Waals surface area contributed by atoms with Gasteiger partial charge < -0.3 is 4.57 Å². The third kappa shape index (κ3) is 2.65. The number of carbonyl (C=O) groups excluding carboxylic acids is 2. The molecule has 0 saturated carbocycles. The molecular formula is C20H15ClN2O2. The number of aromatic nitrogens is 1. The first-order valence-corrected chi connectivity index (χ1v) is 8.30. The van der Waals surface area contributed by atoms with Crippen molar-refractivity contribution in [3.8, 4) is 0 Å². The Bertz CT molecular complexity index is 1050. The van der Waals surface area contributed by atoms with Crippen molar-refractivity contribution in [3.05, 3.63) is 70.9 Å². The minimum absolute atomic E-state index is 0.0918. The van der Waals surface area contributed by atoms with Gasteiger partial charge in [0.05, 0.1) is 12.1 Å². The molecule has 2 heterocycles. The second-order valence-electron chi connectivity index (χ2n) is 6.07. The van der Waals surface area contributed by atoms with Crippen LogP contribution in [0.5, 0.6) is 0 Å². The zero-order valence-corrected chi connectivity index (χ0v) is 14.3. The number of nitrogens with zero attached hydrogens (tertiary/aromatic N) is 2. The Morgan fingerprint density at radius 1 is 1.08 bits per heavy atom. The van der Waals surface area contributed by atoms with Gasteiger partial charge in [-0.15, -0.1) is 0 Å². The minimum Gasteiger partial charge on any atom is -0.350 e. The normalized spacial score (nSPS) is 16.4. The number of hydrogen-bond donors (Lipinski definition) is 0. The monoisotopic (exact) mass is 350 g/mol. The average molecular weight is 351 g/mol. The number of aryl methyl sites for hydroxylation is 1. The molecule has 1 aromatic heterocycles. The van der Waals surface area contributed by atoms with Crippen LogP contribution in [-0.2, 0) is 16.6 Å².